The zero-order chi connectivity index (χ0) is 41.4. The lowest BCUT2D eigenvalue weighted by molar-refractivity contribution is 0.793. The Kier molecular flexibility index (Phi) is 7.27. The van der Waals surface area contributed by atoms with Gasteiger partial charge in [-0.3, -0.25) is 4.57 Å². The largest absolute Gasteiger partial charge is 0.278 e. The summed E-state index contributed by atoms with van der Waals surface area (Å²) in [5, 5.41) is 3.43. The molecule has 0 saturated carbocycles. The minimum absolute atomic E-state index is 0.132. The van der Waals surface area contributed by atoms with Crippen molar-refractivity contribution in [2.24, 2.45) is 0 Å². The van der Waals surface area contributed by atoms with Gasteiger partial charge < -0.3 is 0 Å². The number of hydrogen-bond acceptors (Lipinski definition) is 3. The Bertz CT molecular complexity index is 3710. The summed E-state index contributed by atoms with van der Waals surface area (Å²) in [4.78, 5) is 13.6. The summed E-state index contributed by atoms with van der Waals surface area (Å²) in [6.45, 7) is 2.34. The van der Waals surface area contributed by atoms with E-state index in [-0.39, 0.29) is 6.71 Å². The molecule has 9 aromatic carbocycles. The molecule has 2 aromatic heterocycles. The molecule has 1 aliphatic heterocycles. The van der Waals surface area contributed by atoms with Gasteiger partial charge in [-0.15, -0.1) is 0 Å². The summed E-state index contributed by atoms with van der Waals surface area (Å²) in [6, 6.07) is 74.1. The van der Waals surface area contributed by atoms with Gasteiger partial charge in [-0.05, 0) is 81.8 Å². The minimum Gasteiger partial charge on any atom is -0.278 e. The maximum absolute atomic E-state index is 5.63. The molecule has 3 nitrogen and oxygen atoms in total. The van der Waals surface area contributed by atoms with Crippen LogP contribution in [0, 0.1) is 6.92 Å². The van der Waals surface area contributed by atoms with Crippen molar-refractivity contribution < 1.29 is 0 Å². The first-order valence-corrected chi connectivity index (χ1v) is 22.6. The lowest BCUT2D eigenvalue weighted by Gasteiger charge is -2.30. The van der Waals surface area contributed by atoms with Crippen LogP contribution in [0.25, 0.3) is 72.2 Å². The molecule has 63 heavy (non-hydrogen) atoms. The van der Waals surface area contributed by atoms with E-state index in [0.717, 1.165) is 33.2 Å². The third-order valence-corrected chi connectivity index (χ3v) is 15.2. The van der Waals surface area contributed by atoms with Crippen LogP contribution in [0.4, 0.5) is 0 Å². The van der Waals surface area contributed by atoms with Crippen molar-refractivity contribution in [3.63, 3.8) is 0 Å². The standard InChI is InChI=1S/C58H36BN3S/c1-35-27-29-47-42(31-35)43-32-36(28-30-48(43)58(47)45-21-9-5-17-38(45)39-18-6-10-22-46(39)58)56-41-20-7-12-24-51(41)60-57(61-56)62-52-25-13-8-19-40(52)44-33-50-55(34-53(44)62)63-54-26-14-11-23-49(54)59(50)37-15-3-2-4-16-37/h2-34H,1H3. The van der Waals surface area contributed by atoms with Crippen LogP contribution < -0.4 is 16.4 Å². The summed E-state index contributed by atoms with van der Waals surface area (Å²) < 4.78 is 2.30. The Labute approximate surface area is 369 Å². The molecule has 3 heterocycles. The first-order chi connectivity index (χ1) is 31.1. The van der Waals surface area contributed by atoms with E-state index in [1.54, 1.807) is 0 Å². The molecule has 2 aliphatic carbocycles. The second kappa shape index (κ2) is 13.0. The fourth-order valence-electron chi connectivity index (χ4n) is 11.4. The van der Waals surface area contributed by atoms with E-state index in [1.165, 1.54) is 87.0 Å². The Morgan fingerprint density at radius 1 is 0.460 bits per heavy atom. The second-order valence-electron chi connectivity index (χ2n) is 17.3. The fraction of sp³-hybridized carbons (Fsp3) is 0.0345. The molecule has 0 amide bonds. The van der Waals surface area contributed by atoms with Gasteiger partial charge in [-0.25, -0.2) is 9.97 Å². The van der Waals surface area contributed by atoms with Gasteiger partial charge in [0.05, 0.1) is 27.7 Å². The highest BCUT2D eigenvalue weighted by Crippen LogP contribution is 2.63. The van der Waals surface area contributed by atoms with Gasteiger partial charge in [0.1, 0.15) is 0 Å². The summed E-state index contributed by atoms with van der Waals surface area (Å²) in [7, 11) is 0. The molecule has 0 N–H and O–H groups in total. The van der Waals surface area contributed by atoms with E-state index in [4.69, 9.17) is 9.97 Å². The van der Waals surface area contributed by atoms with Gasteiger partial charge in [0, 0.05) is 31.5 Å². The Morgan fingerprint density at radius 3 is 1.94 bits per heavy atom. The number of rotatable bonds is 3. The van der Waals surface area contributed by atoms with Gasteiger partial charge in [0.2, 0.25) is 12.7 Å². The number of aromatic nitrogens is 3. The molecule has 0 unspecified atom stereocenters. The average molecular weight is 818 g/mol. The number of benzene rings is 9. The molecule has 1 spiro atoms. The van der Waals surface area contributed by atoms with E-state index in [0.29, 0.717) is 5.95 Å². The SMILES string of the molecule is Cc1ccc2c(c1)-c1cc(-c3nc(-n4c5ccccc5c5cc6c(cc54)Sc4ccccc4B6c4ccccc4)nc4ccccc34)ccc1C21c2ccccc2-c2ccccc21. The van der Waals surface area contributed by atoms with Crippen LogP contribution in [0.2, 0.25) is 0 Å². The zero-order valence-electron chi connectivity index (χ0n) is 34.4. The predicted molar refractivity (Wildman–Crippen MR) is 262 cm³/mol. The van der Waals surface area contributed by atoms with Gasteiger partial charge in [-0.1, -0.05) is 204 Å². The van der Waals surface area contributed by atoms with Crippen molar-refractivity contribution >= 4 is 67.6 Å². The molecule has 5 heteroatoms. The van der Waals surface area contributed by atoms with E-state index in [1.807, 2.05) is 11.8 Å². The molecule has 0 atom stereocenters. The van der Waals surface area contributed by atoms with E-state index in [2.05, 4.69) is 212 Å². The van der Waals surface area contributed by atoms with Crippen molar-refractivity contribution in [3.05, 3.63) is 228 Å². The zero-order valence-corrected chi connectivity index (χ0v) is 35.2. The molecular formula is C58H36BN3S. The van der Waals surface area contributed by atoms with Crippen LogP contribution in [-0.4, -0.2) is 21.2 Å². The lowest BCUT2D eigenvalue weighted by Crippen LogP contribution is -2.55. The maximum atomic E-state index is 5.63. The monoisotopic (exact) mass is 817 g/mol. The van der Waals surface area contributed by atoms with Crippen LogP contribution in [0.15, 0.2) is 210 Å². The quantitative estimate of drug-likeness (QED) is 0.166. The van der Waals surface area contributed by atoms with Crippen LogP contribution >= 0.6 is 11.8 Å². The minimum atomic E-state index is -0.400. The van der Waals surface area contributed by atoms with Crippen molar-refractivity contribution in [1.82, 2.24) is 14.5 Å². The van der Waals surface area contributed by atoms with Crippen LogP contribution in [0.1, 0.15) is 27.8 Å². The Hall–Kier alpha value is -7.47. The summed E-state index contributed by atoms with van der Waals surface area (Å²) in [6.07, 6.45) is 0. The van der Waals surface area contributed by atoms with Gasteiger partial charge in [0.25, 0.3) is 0 Å². The molecule has 3 aliphatic rings. The first-order valence-electron chi connectivity index (χ1n) is 21.8. The third kappa shape index (κ3) is 4.78. The van der Waals surface area contributed by atoms with Crippen molar-refractivity contribution in [1.29, 1.82) is 0 Å². The first kappa shape index (κ1) is 35.2. The van der Waals surface area contributed by atoms with Crippen molar-refractivity contribution in [3.8, 4) is 39.5 Å². The summed E-state index contributed by atoms with van der Waals surface area (Å²) in [5.41, 5.74) is 20.5. The molecular weight excluding hydrogens is 782 g/mol. The third-order valence-electron chi connectivity index (χ3n) is 14.0. The number of para-hydroxylation sites is 2. The molecule has 0 radical (unpaired) electrons. The maximum Gasteiger partial charge on any atom is 0.244 e. The highest BCUT2D eigenvalue weighted by atomic mass is 32.2. The number of hydrogen-bond donors (Lipinski definition) is 0. The van der Waals surface area contributed by atoms with Gasteiger partial charge in [0.15, 0.2) is 0 Å². The topological polar surface area (TPSA) is 30.7 Å². The average Bonchev–Trinajstić information content (AvgIpc) is 3.93. The van der Waals surface area contributed by atoms with Crippen LogP contribution in [0.3, 0.4) is 0 Å². The highest BCUT2D eigenvalue weighted by molar-refractivity contribution is 8.00. The molecule has 11 aromatic rings. The summed E-state index contributed by atoms with van der Waals surface area (Å²) >= 11 is 1.86. The van der Waals surface area contributed by atoms with Crippen LogP contribution in [0.5, 0.6) is 0 Å². The van der Waals surface area contributed by atoms with E-state index < -0.39 is 5.41 Å². The Balaban J connectivity index is 1.00. The predicted octanol–water partition coefficient (Wildman–Crippen LogP) is 12.0. The number of fused-ring (bicyclic) bond motifs is 16. The molecule has 0 bridgehead atoms. The fourth-order valence-corrected chi connectivity index (χ4v) is 12.6. The molecule has 14 rings (SSSR count). The normalized spacial score (nSPS) is 13.8. The molecule has 292 valence electrons. The van der Waals surface area contributed by atoms with E-state index >= 15 is 0 Å². The molecule has 0 saturated heterocycles. The highest BCUT2D eigenvalue weighted by Gasteiger charge is 2.51. The van der Waals surface area contributed by atoms with E-state index in [9.17, 15) is 0 Å². The summed E-state index contributed by atoms with van der Waals surface area (Å²) in [5.74, 6) is 0.669. The number of nitrogens with zero attached hydrogens (tertiary/aromatic N) is 3. The smallest absolute Gasteiger partial charge is 0.244 e. The second-order valence-corrected chi connectivity index (χ2v) is 18.4. The lowest BCUT2D eigenvalue weighted by atomic mass is 9.36. The Morgan fingerprint density at radius 2 is 1.11 bits per heavy atom. The number of aryl methyl sites for hydroxylation is 1. The van der Waals surface area contributed by atoms with Crippen molar-refractivity contribution in [2.45, 2.75) is 22.1 Å². The molecule has 0 fully saturated rings. The van der Waals surface area contributed by atoms with Crippen LogP contribution in [-0.2, 0) is 5.41 Å². The van der Waals surface area contributed by atoms with Crippen molar-refractivity contribution in [2.75, 3.05) is 0 Å². The van der Waals surface area contributed by atoms with Gasteiger partial charge in [-0.2, -0.15) is 0 Å². The van der Waals surface area contributed by atoms with Gasteiger partial charge >= 0.3 is 0 Å².